The summed E-state index contributed by atoms with van der Waals surface area (Å²) in [5.74, 6) is -0.213. The van der Waals surface area contributed by atoms with Gasteiger partial charge >= 0.3 is 0 Å². The quantitative estimate of drug-likeness (QED) is 0.605. The standard InChI is InChI=1S/C22H24FN3O/c23-18-9-7-17(8-10-18)22(27)6-3-13-25-14-11-19(12-15-25)26-16-24-20-4-1-2-5-21(20)26/h1-2,4-5,7-10,16,19H,3,6,11-15H2. The lowest BCUT2D eigenvalue weighted by atomic mass is 10.0. The van der Waals surface area contributed by atoms with Crippen LogP contribution in [-0.2, 0) is 0 Å². The monoisotopic (exact) mass is 365 g/mol. The van der Waals surface area contributed by atoms with Crippen LogP contribution in [0.5, 0.6) is 0 Å². The molecule has 4 nitrogen and oxygen atoms in total. The fourth-order valence-electron chi connectivity index (χ4n) is 3.93. The third-order valence-corrected chi connectivity index (χ3v) is 5.48. The first kappa shape index (κ1) is 17.9. The van der Waals surface area contributed by atoms with E-state index in [1.807, 2.05) is 12.4 Å². The summed E-state index contributed by atoms with van der Waals surface area (Å²) in [6, 6.07) is 14.6. The second-order valence-corrected chi connectivity index (χ2v) is 7.25. The predicted octanol–water partition coefficient (Wildman–Crippen LogP) is 4.48. The molecule has 1 saturated heterocycles. The van der Waals surface area contributed by atoms with Crippen molar-refractivity contribution in [1.82, 2.24) is 14.5 Å². The SMILES string of the molecule is O=C(CCCN1CCC(n2cnc3ccccc32)CC1)c1ccc(F)cc1. The average molecular weight is 365 g/mol. The Bertz CT molecular complexity index is 911. The van der Waals surface area contributed by atoms with Gasteiger partial charge in [-0.3, -0.25) is 4.79 Å². The van der Waals surface area contributed by atoms with E-state index < -0.39 is 0 Å². The van der Waals surface area contributed by atoms with E-state index in [4.69, 9.17) is 0 Å². The summed E-state index contributed by atoms with van der Waals surface area (Å²) in [5, 5.41) is 0. The molecule has 4 rings (SSSR count). The Hall–Kier alpha value is -2.53. The number of para-hydroxylation sites is 2. The molecule has 140 valence electrons. The molecule has 1 aromatic heterocycles. The average Bonchev–Trinajstić information content (AvgIpc) is 3.13. The van der Waals surface area contributed by atoms with Gasteiger partial charge in [0.05, 0.1) is 17.4 Å². The minimum atomic E-state index is -0.305. The van der Waals surface area contributed by atoms with Gasteiger partial charge in [-0.15, -0.1) is 0 Å². The van der Waals surface area contributed by atoms with Gasteiger partial charge in [0.1, 0.15) is 5.82 Å². The number of Topliss-reactive ketones (excluding diaryl/α,β-unsaturated/α-hetero) is 1. The highest BCUT2D eigenvalue weighted by Crippen LogP contribution is 2.26. The smallest absolute Gasteiger partial charge is 0.162 e. The Morgan fingerprint density at radius 1 is 1.07 bits per heavy atom. The predicted molar refractivity (Wildman–Crippen MR) is 104 cm³/mol. The van der Waals surface area contributed by atoms with Crippen molar-refractivity contribution in [2.45, 2.75) is 31.7 Å². The number of ketones is 1. The molecule has 1 aliphatic rings. The Kier molecular flexibility index (Phi) is 5.30. The molecule has 2 heterocycles. The maximum atomic E-state index is 12.9. The van der Waals surface area contributed by atoms with Crippen LogP contribution < -0.4 is 0 Å². The number of aromatic nitrogens is 2. The highest BCUT2D eigenvalue weighted by atomic mass is 19.1. The van der Waals surface area contributed by atoms with E-state index >= 15 is 0 Å². The molecule has 0 N–H and O–H groups in total. The van der Waals surface area contributed by atoms with Crippen molar-refractivity contribution in [2.24, 2.45) is 0 Å². The van der Waals surface area contributed by atoms with Gasteiger partial charge in [0, 0.05) is 31.1 Å². The fourth-order valence-corrected chi connectivity index (χ4v) is 3.93. The lowest BCUT2D eigenvalue weighted by molar-refractivity contribution is 0.0970. The normalized spacial score (nSPS) is 16.0. The molecule has 0 unspecified atom stereocenters. The van der Waals surface area contributed by atoms with Crippen LogP contribution in [0.2, 0.25) is 0 Å². The van der Waals surface area contributed by atoms with Crippen LogP contribution in [0.25, 0.3) is 11.0 Å². The number of hydrogen-bond donors (Lipinski definition) is 0. The number of hydrogen-bond acceptors (Lipinski definition) is 3. The van der Waals surface area contributed by atoms with Crippen molar-refractivity contribution in [3.63, 3.8) is 0 Å². The van der Waals surface area contributed by atoms with Crippen LogP contribution >= 0.6 is 0 Å². The summed E-state index contributed by atoms with van der Waals surface area (Å²) < 4.78 is 15.3. The lowest BCUT2D eigenvalue weighted by Gasteiger charge is -2.32. The molecule has 0 aliphatic carbocycles. The molecule has 0 spiro atoms. The summed E-state index contributed by atoms with van der Waals surface area (Å²) in [7, 11) is 0. The lowest BCUT2D eigenvalue weighted by Crippen LogP contribution is -2.35. The first-order valence-corrected chi connectivity index (χ1v) is 9.63. The van der Waals surface area contributed by atoms with E-state index in [0.717, 1.165) is 44.4 Å². The van der Waals surface area contributed by atoms with Crippen LogP contribution in [0.1, 0.15) is 42.1 Å². The number of fused-ring (bicyclic) bond motifs is 1. The Morgan fingerprint density at radius 3 is 2.59 bits per heavy atom. The third kappa shape index (κ3) is 4.08. The van der Waals surface area contributed by atoms with E-state index in [2.05, 4.69) is 32.7 Å². The zero-order chi connectivity index (χ0) is 18.6. The van der Waals surface area contributed by atoms with E-state index in [9.17, 15) is 9.18 Å². The highest BCUT2D eigenvalue weighted by Gasteiger charge is 2.21. The van der Waals surface area contributed by atoms with Crippen molar-refractivity contribution >= 4 is 16.8 Å². The molecule has 5 heteroatoms. The molecule has 1 fully saturated rings. The van der Waals surface area contributed by atoms with Gasteiger partial charge in [0.2, 0.25) is 0 Å². The molecule has 3 aromatic rings. The number of rotatable bonds is 6. The molecule has 0 saturated carbocycles. The van der Waals surface area contributed by atoms with Crippen molar-refractivity contribution in [2.75, 3.05) is 19.6 Å². The van der Waals surface area contributed by atoms with Gasteiger partial charge in [-0.1, -0.05) is 12.1 Å². The number of halogens is 1. The molecular formula is C22H24FN3O. The Labute approximate surface area is 158 Å². The fraction of sp³-hybridized carbons (Fsp3) is 0.364. The van der Waals surface area contributed by atoms with E-state index in [1.54, 1.807) is 12.1 Å². The van der Waals surface area contributed by atoms with Gasteiger partial charge in [-0.05, 0) is 62.2 Å². The number of piperidine rings is 1. The van der Waals surface area contributed by atoms with Crippen LogP contribution in [0.15, 0.2) is 54.9 Å². The minimum Gasteiger partial charge on any atom is -0.327 e. The summed E-state index contributed by atoms with van der Waals surface area (Å²) in [4.78, 5) is 19.1. The van der Waals surface area contributed by atoms with Gasteiger partial charge in [-0.2, -0.15) is 0 Å². The summed E-state index contributed by atoms with van der Waals surface area (Å²) in [6.07, 6.45) is 5.53. The molecule has 27 heavy (non-hydrogen) atoms. The van der Waals surface area contributed by atoms with Crippen molar-refractivity contribution < 1.29 is 9.18 Å². The van der Waals surface area contributed by atoms with Crippen LogP contribution in [-0.4, -0.2) is 39.9 Å². The number of carbonyl (C=O) groups excluding carboxylic acids is 1. The van der Waals surface area contributed by atoms with E-state index in [-0.39, 0.29) is 11.6 Å². The topological polar surface area (TPSA) is 38.1 Å². The third-order valence-electron chi connectivity index (χ3n) is 5.48. The zero-order valence-corrected chi connectivity index (χ0v) is 15.4. The molecule has 0 amide bonds. The largest absolute Gasteiger partial charge is 0.327 e. The van der Waals surface area contributed by atoms with E-state index in [1.165, 1.54) is 17.6 Å². The van der Waals surface area contributed by atoms with Gasteiger partial charge in [-0.25, -0.2) is 9.37 Å². The summed E-state index contributed by atoms with van der Waals surface area (Å²) in [5.41, 5.74) is 2.86. The Balaban J connectivity index is 1.25. The second-order valence-electron chi connectivity index (χ2n) is 7.25. The zero-order valence-electron chi connectivity index (χ0n) is 15.4. The molecular weight excluding hydrogens is 341 g/mol. The number of likely N-dealkylation sites (tertiary alicyclic amines) is 1. The van der Waals surface area contributed by atoms with Crippen LogP contribution in [0.3, 0.4) is 0 Å². The van der Waals surface area contributed by atoms with Crippen molar-refractivity contribution in [3.8, 4) is 0 Å². The first-order valence-electron chi connectivity index (χ1n) is 9.63. The minimum absolute atomic E-state index is 0.0924. The summed E-state index contributed by atoms with van der Waals surface area (Å²) >= 11 is 0. The van der Waals surface area contributed by atoms with Crippen molar-refractivity contribution in [1.29, 1.82) is 0 Å². The van der Waals surface area contributed by atoms with Gasteiger partial charge in [0.15, 0.2) is 5.78 Å². The second kappa shape index (κ2) is 8.01. The molecule has 1 aliphatic heterocycles. The summed E-state index contributed by atoms with van der Waals surface area (Å²) in [6.45, 7) is 3.02. The maximum Gasteiger partial charge on any atom is 0.162 e. The van der Waals surface area contributed by atoms with Crippen LogP contribution in [0, 0.1) is 5.82 Å². The molecule has 0 atom stereocenters. The van der Waals surface area contributed by atoms with E-state index in [0.29, 0.717) is 18.0 Å². The highest BCUT2D eigenvalue weighted by molar-refractivity contribution is 5.95. The van der Waals surface area contributed by atoms with Gasteiger partial charge in [0.25, 0.3) is 0 Å². The molecule has 0 radical (unpaired) electrons. The Morgan fingerprint density at radius 2 is 1.81 bits per heavy atom. The molecule has 2 aromatic carbocycles. The maximum absolute atomic E-state index is 12.9. The van der Waals surface area contributed by atoms with Crippen LogP contribution in [0.4, 0.5) is 4.39 Å². The van der Waals surface area contributed by atoms with Gasteiger partial charge < -0.3 is 9.47 Å². The first-order chi connectivity index (χ1) is 13.2. The number of benzene rings is 2. The number of nitrogens with zero attached hydrogens (tertiary/aromatic N) is 3. The number of carbonyl (C=O) groups is 1. The number of imidazole rings is 1. The molecule has 0 bridgehead atoms. The van der Waals surface area contributed by atoms with Crippen molar-refractivity contribution in [3.05, 3.63) is 66.2 Å².